The van der Waals surface area contributed by atoms with Gasteiger partial charge in [0.15, 0.2) is 5.78 Å². The van der Waals surface area contributed by atoms with Crippen molar-refractivity contribution in [3.8, 4) is 11.3 Å². The average molecular weight is 292 g/mol. The Bertz CT molecular complexity index is 855. The van der Waals surface area contributed by atoms with Crippen LogP contribution in [-0.2, 0) is 0 Å². The van der Waals surface area contributed by atoms with Gasteiger partial charge in [0, 0.05) is 23.1 Å². The second-order valence-corrected chi connectivity index (χ2v) is 5.40. The molecule has 1 atom stereocenters. The molecule has 1 aromatic heterocycles. The highest BCUT2D eigenvalue weighted by atomic mass is 19.1. The molecular weight excluding hydrogens is 279 g/mol. The largest absolute Gasteiger partial charge is 0.322 e. The number of rotatable bonds is 3. The second-order valence-electron chi connectivity index (χ2n) is 5.40. The fourth-order valence-corrected chi connectivity index (χ4v) is 3.12. The molecule has 1 aliphatic rings. The molecule has 22 heavy (non-hydrogen) atoms. The number of fused-ring (bicyclic) bond motifs is 3. The minimum absolute atomic E-state index is 0.00125. The minimum Gasteiger partial charge on any atom is -0.322 e. The lowest BCUT2D eigenvalue weighted by atomic mass is 9.96. The van der Waals surface area contributed by atoms with Crippen molar-refractivity contribution in [1.29, 1.82) is 0 Å². The summed E-state index contributed by atoms with van der Waals surface area (Å²) < 4.78 is 16.2. The van der Waals surface area contributed by atoms with Crippen molar-refractivity contribution < 1.29 is 9.18 Å². The number of halogens is 1. The quantitative estimate of drug-likeness (QED) is 0.687. The Morgan fingerprint density at radius 1 is 1.14 bits per heavy atom. The van der Waals surface area contributed by atoms with E-state index in [-0.39, 0.29) is 24.1 Å². The van der Waals surface area contributed by atoms with Crippen LogP contribution in [0.3, 0.4) is 0 Å². The summed E-state index contributed by atoms with van der Waals surface area (Å²) >= 11 is 0. The smallest absolute Gasteiger partial charge is 0.165 e. The Kier molecular flexibility index (Phi) is 2.89. The summed E-state index contributed by atoms with van der Waals surface area (Å²) in [4.78, 5) is 16.6. The SMILES string of the molecule is O=C(CC1c2c(F)cccc2-c2cncn21)c1ccccc1. The molecule has 108 valence electrons. The first-order chi connectivity index (χ1) is 10.8. The highest BCUT2D eigenvalue weighted by Gasteiger charge is 2.32. The Labute approximate surface area is 127 Å². The van der Waals surface area contributed by atoms with E-state index in [1.807, 2.05) is 28.8 Å². The second kappa shape index (κ2) is 4.91. The molecule has 0 aliphatic carbocycles. The number of hydrogen-bond acceptors (Lipinski definition) is 2. The lowest BCUT2D eigenvalue weighted by Crippen LogP contribution is -2.12. The van der Waals surface area contributed by atoms with Crippen LogP contribution >= 0.6 is 0 Å². The third kappa shape index (κ3) is 1.88. The number of hydrogen-bond donors (Lipinski definition) is 0. The molecule has 4 rings (SSSR count). The van der Waals surface area contributed by atoms with Gasteiger partial charge in [0.1, 0.15) is 5.82 Å². The maximum Gasteiger partial charge on any atom is 0.165 e. The van der Waals surface area contributed by atoms with Crippen LogP contribution in [0.5, 0.6) is 0 Å². The number of carbonyl (C=O) groups is 1. The average Bonchev–Trinajstić information content (AvgIpc) is 3.12. The van der Waals surface area contributed by atoms with E-state index in [2.05, 4.69) is 4.98 Å². The van der Waals surface area contributed by atoms with E-state index in [1.54, 1.807) is 30.7 Å². The number of carbonyl (C=O) groups excluding carboxylic acids is 1. The van der Waals surface area contributed by atoms with Crippen molar-refractivity contribution in [1.82, 2.24) is 9.55 Å². The van der Waals surface area contributed by atoms with Gasteiger partial charge in [-0.2, -0.15) is 0 Å². The Morgan fingerprint density at radius 3 is 2.77 bits per heavy atom. The molecular formula is C18H13FN2O. The zero-order valence-electron chi connectivity index (χ0n) is 11.7. The van der Waals surface area contributed by atoms with Crippen molar-refractivity contribution in [2.45, 2.75) is 12.5 Å². The van der Waals surface area contributed by atoms with Crippen LogP contribution in [0, 0.1) is 5.82 Å². The molecule has 2 heterocycles. The number of nitrogens with zero attached hydrogens (tertiary/aromatic N) is 2. The van der Waals surface area contributed by atoms with E-state index in [0.717, 1.165) is 11.3 Å². The maximum absolute atomic E-state index is 14.3. The molecule has 0 fully saturated rings. The van der Waals surface area contributed by atoms with Gasteiger partial charge in [0.05, 0.1) is 24.3 Å². The van der Waals surface area contributed by atoms with Gasteiger partial charge in [-0.15, -0.1) is 0 Å². The third-order valence-electron chi connectivity index (χ3n) is 4.14. The predicted molar refractivity (Wildman–Crippen MR) is 81.1 cm³/mol. The lowest BCUT2D eigenvalue weighted by molar-refractivity contribution is 0.0970. The number of ketones is 1. The number of benzene rings is 2. The first kappa shape index (κ1) is 13.0. The van der Waals surface area contributed by atoms with Crippen LogP contribution in [0.4, 0.5) is 4.39 Å². The highest BCUT2D eigenvalue weighted by Crippen LogP contribution is 2.42. The first-order valence-corrected chi connectivity index (χ1v) is 7.14. The van der Waals surface area contributed by atoms with E-state index in [1.165, 1.54) is 6.07 Å². The number of imidazole rings is 1. The minimum atomic E-state index is -0.332. The Morgan fingerprint density at radius 2 is 1.95 bits per heavy atom. The van der Waals surface area contributed by atoms with Crippen LogP contribution in [0.1, 0.15) is 28.4 Å². The summed E-state index contributed by atoms with van der Waals surface area (Å²) in [6, 6.07) is 13.8. The summed E-state index contributed by atoms with van der Waals surface area (Å²) in [7, 11) is 0. The van der Waals surface area contributed by atoms with Crippen molar-refractivity contribution in [3.63, 3.8) is 0 Å². The lowest BCUT2D eigenvalue weighted by Gasteiger charge is -2.14. The topological polar surface area (TPSA) is 34.9 Å². The zero-order valence-corrected chi connectivity index (χ0v) is 11.7. The summed E-state index contributed by atoms with van der Waals surface area (Å²) in [5, 5.41) is 0. The molecule has 0 spiro atoms. The molecule has 0 amide bonds. The first-order valence-electron chi connectivity index (χ1n) is 7.14. The molecule has 3 aromatic rings. The zero-order chi connectivity index (χ0) is 15.1. The van der Waals surface area contributed by atoms with Crippen LogP contribution < -0.4 is 0 Å². The number of Topliss-reactive ketones (excluding diaryl/α,β-unsaturated/α-hetero) is 1. The predicted octanol–water partition coefficient (Wildman–Crippen LogP) is 3.87. The van der Waals surface area contributed by atoms with Gasteiger partial charge in [0.25, 0.3) is 0 Å². The van der Waals surface area contributed by atoms with Crippen molar-refractivity contribution in [3.05, 3.63) is 78.0 Å². The maximum atomic E-state index is 14.3. The third-order valence-corrected chi connectivity index (χ3v) is 4.14. The Balaban J connectivity index is 1.76. The Hall–Kier alpha value is -2.75. The monoisotopic (exact) mass is 292 g/mol. The molecule has 1 aliphatic heterocycles. The van der Waals surface area contributed by atoms with Gasteiger partial charge >= 0.3 is 0 Å². The molecule has 0 saturated carbocycles. The van der Waals surface area contributed by atoms with E-state index < -0.39 is 0 Å². The normalized spacial score (nSPS) is 15.4. The van der Waals surface area contributed by atoms with Gasteiger partial charge in [-0.1, -0.05) is 42.5 Å². The fourth-order valence-electron chi connectivity index (χ4n) is 3.12. The van der Waals surface area contributed by atoms with Gasteiger partial charge in [-0.3, -0.25) is 4.79 Å². The molecule has 3 nitrogen and oxygen atoms in total. The summed E-state index contributed by atoms with van der Waals surface area (Å²) in [6.07, 6.45) is 3.60. The molecule has 0 saturated heterocycles. The standard InChI is InChI=1S/C18H13FN2O/c19-14-8-4-7-13-16-10-20-11-21(16)15(18(13)14)9-17(22)12-5-2-1-3-6-12/h1-8,10-11,15H,9H2. The summed E-state index contributed by atoms with van der Waals surface area (Å²) in [5.41, 5.74) is 2.92. The number of aromatic nitrogens is 2. The van der Waals surface area contributed by atoms with Crippen molar-refractivity contribution in [2.75, 3.05) is 0 Å². The molecule has 1 unspecified atom stereocenters. The van der Waals surface area contributed by atoms with E-state index in [0.29, 0.717) is 11.1 Å². The summed E-state index contributed by atoms with van der Waals surface area (Å²) in [6.45, 7) is 0. The van der Waals surface area contributed by atoms with Crippen LogP contribution in [-0.4, -0.2) is 15.3 Å². The molecule has 0 N–H and O–H groups in total. The van der Waals surface area contributed by atoms with Crippen molar-refractivity contribution in [2.24, 2.45) is 0 Å². The van der Waals surface area contributed by atoms with Gasteiger partial charge < -0.3 is 4.57 Å². The highest BCUT2D eigenvalue weighted by molar-refractivity contribution is 5.97. The van der Waals surface area contributed by atoms with Crippen LogP contribution in [0.15, 0.2) is 61.1 Å². The van der Waals surface area contributed by atoms with E-state index in [9.17, 15) is 9.18 Å². The summed E-state index contributed by atoms with van der Waals surface area (Å²) in [5.74, 6) is -0.270. The van der Waals surface area contributed by atoms with Crippen LogP contribution in [0.25, 0.3) is 11.3 Å². The molecule has 0 radical (unpaired) electrons. The van der Waals surface area contributed by atoms with Gasteiger partial charge in [-0.05, 0) is 6.07 Å². The van der Waals surface area contributed by atoms with Gasteiger partial charge in [-0.25, -0.2) is 9.37 Å². The van der Waals surface area contributed by atoms with E-state index >= 15 is 0 Å². The molecule has 4 heteroatoms. The molecule has 2 aromatic carbocycles. The van der Waals surface area contributed by atoms with Gasteiger partial charge in [0.2, 0.25) is 0 Å². The molecule has 0 bridgehead atoms. The van der Waals surface area contributed by atoms with Crippen molar-refractivity contribution >= 4 is 5.78 Å². The van der Waals surface area contributed by atoms with Crippen LogP contribution in [0.2, 0.25) is 0 Å². The van der Waals surface area contributed by atoms with E-state index in [4.69, 9.17) is 0 Å². The fraction of sp³-hybridized carbons (Fsp3) is 0.111.